The Kier molecular flexibility index (Phi) is 3.01. The minimum Gasteiger partial charge on any atom is -0.481 e. The van der Waals surface area contributed by atoms with Crippen LogP contribution in [-0.4, -0.2) is 27.5 Å². The molecule has 1 N–H and O–H groups in total. The third-order valence-electron chi connectivity index (χ3n) is 2.45. The van der Waals surface area contributed by atoms with Crippen LogP contribution >= 0.6 is 0 Å². The molecule has 1 aliphatic heterocycles. The lowest BCUT2D eigenvalue weighted by atomic mass is 10.2. The monoisotopic (exact) mass is 210 g/mol. The molecule has 0 aliphatic carbocycles. The van der Waals surface area contributed by atoms with Crippen LogP contribution in [0.25, 0.3) is 0 Å². The van der Waals surface area contributed by atoms with Crippen molar-refractivity contribution < 1.29 is 14.6 Å². The van der Waals surface area contributed by atoms with E-state index in [1.807, 2.05) is 0 Å². The Hall–Kier alpha value is -1.36. The summed E-state index contributed by atoms with van der Waals surface area (Å²) in [6.07, 6.45) is 4.93. The number of carboxylic acid groups (broad SMARTS) is 1. The maximum absolute atomic E-state index is 10.5. The van der Waals surface area contributed by atoms with Crippen molar-refractivity contribution in [1.29, 1.82) is 0 Å². The smallest absolute Gasteiger partial charge is 0.309 e. The number of nitrogens with zero attached hydrogens (tertiary/aromatic N) is 2. The highest BCUT2D eigenvalue weighted by atomic mass is 16.5. The summed E-state index contributed by atoms with van der Waals surface area (Å²) in [5.41, 5.74) is 0.580. The summed E-state index contributed by atoms with van der Waals surface area (Å²) < 4.78 is 7.26. The van der Waals surface area contributed by atoms with Crippen LogP contribution in [0.15, 0.2) is 12.3 Å². The second kappa shape index (κ2) is 4.44. The molecule has 5 heteroatoms. The highest BCUT2D eigenvalue weighted by molar-refractivity contribution is 5.69. The number of carbonyl (C=O) groups is 1. The Morgan fingerprint density at radius 2 is 2.53 bits per heavy atom. The van der Waals surface area contributed by atoms with E-state index in [0.29, 0.717) is 5.69 Å². The third kappa shape index (κ3) is 2.56. The molecule has 2 rings (SSSR count). The van der Waals surface area contributed by atoms with Crippen LogP contribution in [-0.2, 0) is 16.0 Å². The van der Waals surface area contributed by atoms with Gasteiger partial charge < -0.3 is 9.84 Å². The highest BCUT2D eigenvalue weighted by Crippen LogP contribution is 2.21. The first-order chi connectivity index (χ1) is 7.25. The third-order valence-corrected chi connectivity index (χ3v) is 2.45. The zero-order valence-corrected chi connectivity index (χ0v) is 8.43. The van der Waals surface area contributed by atoms with Crippen LogP contribution in [0.2, 0.25) is 0 Å². The van der Waals surface area contributed by atoms with Gasteiger partial charge in [0.05, 0.1) is 12.1 Å². The van der Waals surface area contributed by atoms with Crippen LogP contribution in [0, 0.1) is 0 Å². The topological polar surface area (TPSA) is 64.3 Å². The predicted octanol–water partition coefficient (Wildman–Crippen LogP) is 1.21. The van der Waals surface area contributed by atoms with Crippen molar-refractivity contribution in [2.45, 2.75) is 31.9 Å². The molecule has 1 aromatic heterocycles. The van der Waals surface area contributed by atoms with Gasteiger partial charge in [-0.2, -0.15) is 5.10 Å². The fourth-order valence-electron chi connectivity index (χ4n) is 1.72. The van der Waals surface area contributed by atoms with Crippen molar-refractivity contribution in [1.82, 2.24) is 9.78 Å². The lowest BCUT2D eigenvalue weighted by molar-refractivity contribution is -0.136. The van der Waals surface area contributed by atoms with E-state index >= 15 is 0 Å². The van der Waals surface area contributed by atoms with Crippen molar-refractivity contribution in [3.63, 3.8) is 0 Å². The van der Waals surface area contributed by atoms with Gasteiger partial charge in [-0.3, -0.25) is 4.79 Å². The number of hydrogen-bond donors (Lipinski definition) is 1. The van der Waals surface area contributed by atoms with E-state index in [2.05, 4.69) is 5.10 Å². The molecule has 0 bridgehead atoms. The lowest BCUT2D eigenvalue weighted by Gasteiger charge is -2.22. The first-order valence-electron chi connectivity index (χ1n) is 5.13. The average molecular weight is 210 g/mol. The number of hydrogen-bond acceptors (Lipinski definition) is 3. The van der Waals surface area contributed by atoms with Crippen LogP contribution in [0.4, 0.5) is 0 Å². The van der Waals surface area contributed by atoms with Gasteiger partial charge in [0, 0.05) is 12.8 Å². The van der Waals surface area contributed by atoms with Gasteiger partial charge in [-0.1, -0.05) is 0 Å². The molecule has 5 nitrogen and oxygen atoms in total. The van der Waals surface area contributed by atoms with Crippen molar-refractivity contribution >= 4 is 5.97 Å². The lowest BCUT2D eigenvalue weighted by Crippen LogP contribution is -2.18. The fraction of sp³-hybridized carbons (Fsp3) is 0.600. The number of ether oxygens (including phenoxy) is 1. The van der Waals surface area contributed by atoms with Gasteiger partial charge in [0.2, 0.25) is 0 Å². The van der Waals surface area contributed by atoms with E-state index in [1.165, 1.54) is 0 Å². The summed E-state index contributed by atoms with van der Waals surface area (Å²) in [4.78, 5) is 10.5. The van der Waals surface area contributed by atoms with Gasteiger partial charge in [-0.25, -0.2) is 4.68 Å². The summed E-state index contributed by atoms with van der Waals surface area (Å²) in [5.74, 6) is -0.857. The molecule has 0 aromatic carbocycles. The van der Waals surface area contributed by atoms with Gasteiger partial charge >= 0.3 is 5.97 Å². The minimum atomic E-state index is -0.857. The Bertz CT molecular complexity index is 342. The maximum Gasteiger partial charge on any atom is 0.309 e. The molecular formula is C10H14N2O3. The van der Waals surface area contributed by atoms with Gasteiger partial charge in [0.25, 0.3) is 0 Å². The van der Waals surface area contributed by atoms with Gasteiger partial charge in [-0.15, -0.1) is 0 Å². The molecule has 0 amide bonds. The number of aliphatic carboxylic acids is 1. The summed E-state index contributed by atoms with van der Waals surface area (Å²) in [5, 5.41) is 12.8. The second-order valence-corrected chi connectivity index (χ2v) is 3.68. The summed E-state index contributed by atoms with van der Waals surface area (Å²) in [6, 6.07) is 1.73. The van der Waals surface area contributed by atoms with Gasteiger partial charge in [0.1, 0.15) is 6.23 Å². The Labute approximate surface area is 87.7 Å². The molecule has 1 fully saturated rings. The number of aromatic nitrogens is 2. The quantitative estimate of drug-likeness (QED) is 0.814. The maximum atomic E-state index is 10.5. The first-order valence-corrected chi connectivity index (χ1v) is 5.13. The molecule has 1 saturated heterocycles. The van der Waals surface area contributed by atoms with Crippen LogP contribution in [0.1, 0.15) is 31.2 Å². The molecule has 0 spiro atoms. The molecule has 82 valence electrons. The molecule has 0 radical (unpaired) electrons. The molecule has 0 saturated carbocycles. The fourth-order valence-corrected chi connectivity index (χ4v) is 1.72. The van der Waals surface area contributed by atoms with E-state index in [4.69, 9.17) is 9.84 Å². The van der Waals surface area contributed by atoms with Crippen LogP contribution in [0.5, 0.6) is 0 Å². The van der Waals surface area contributed by atoms with E-state index in [1.54, 1.807) is 16.9 Å². The van der Waals surface area contributed by atoms with Crippen molar-refractivity contribution in [2.75, 3.05) is 6.61 Å². The van der Waals surface area contributed by atoms with E-state index in [0.717, 1.165) is 25.9 Å². The van der Waals surface area contributed by atoms with Crippen molar-refractivity contribution in [3.8, 4) is 0 Å². The van der Waals surface area contributed by atoms with Crippen LogP contribution < -0.4 is 0 Å². The molecule has 15 heavy (non-hydrogen) atoms. The first kappa shape index (κ1) is 10.2. The zero-order valence-electron chi connectivity index (χ0n) is 8.43. The Morgan fingerprint density at radius 3 is 3.20 bits per heavy atom. The largest absolute Gasteiger partial charge is 0.481 e. The predicted molar refractivity (Wildman–Crippen MR) is 52.4 cm³/mol. The zero-order chi connectivity index (χ0) is 10.7. The molecule has 1 unspecified atom stereocenters. The van der Waals surface area contributed by atoms with Crippen LogP contribution in [0.3, 0.4) is 0 Å². The molecule has 1 atom stereocenters. The highest BCUT2D eigenvalue weighted by Gasteiger charge is 2.16. The van der Waals surface area contributed by atoms with Gasteiger partial charge in [0.15, 0.2) is 0 Å². The molecule has 1 aliphatic rings. The average Bonchev–Trinajstić information content (AvgIpc) is 2.67. The molecular weight excluding hydrogens is 196 g/mol. The minimum absolute atomic E-state index is 0.0127. The standard InChI is InChI=1S/C10H14N2O3/c13-10(14)7-8-4-5-12(11-8)9-3-1-2-6-15-9/h4-5,9H,1-3,6-7H2,(H,13,14). The SMILES string of the molecule is O=C(O)Cc1ccn(C2CCCCO2)n1. The van der Waals surface area contributed by atoms with Gasteiger partial charge in [-0.05, 0) is 25.3 Å². The van der Waals surface area contributed by atoms with Crippen molar-refractivity contribution in [3.05, 3.63) is 18.0 Å². The van der Waals surface area contributed by atoms with Crippen molar-refractivity contribution in [2.24, 2.45) is 0 Å². The second-order valence-electron chi connectivity index (χ2n) is 3.68. The number of carboxylic acids is 1. The van der Waals surface area contributed by atoms with E-state index < -0.39 is 5.97 Å². The van der Waals surface area contributed by atoms with E-state index in [9.17, 15) is 4.79 Å². The summed E-state index contributed by atoms with van der Waals surface area (Å²) in [6.45, 7) is 0.763. The Morgan fingerprint density at radius 1 is 1.67 bits per heavy atom. The normalized spacial score (nSPS) is 21.5. The summed E-state index contributed by atoms with van der Waals surface area (Å²) >= 11 is 0. The molecule has 2 heterocycles. The summed E-state index contributed by atoms with van der Waals surface area (Å²) in [7, 11) is 0. The Balaban J connectivity index is 2.02. The molecule has 1 aromatic rings. The van der Waals surface area contributed by atoms with E-state index in [-0.39, 0.29) is 12.6 Å². The number of rotatable bonds is 3.